The molecule has 0 N–H and O–H groups in total. The predicted molar refractivity (Wildman–Crippen MR) is 162 cm³/mol. The molecular formula is C36H58I+. The van der Waals surface area contributed by atoms with Gasteiger partial charge in [-0.25, -0.2) is 0 Å². The smallest absolute Gasteiger partial charge is 0.0654 e. The van der Waals surface area contributed by atoms with Gasteiger partial charge in [0.1, 0.15) is 0 Å². The first-order valence-electron chi connectivity index (χ1n) is 16.1. The minimum atomic E-state index is -0.0943. The molecule has 0 aliphatic carbocycles. The first kappa shape index (κ1) is 32.4. The topological polar surface area (TPSA) is 0 Å². The lowest BCUT2D eigenvalue weighted by Crippen LogP contribution is -3.61. The molecule has 2 atom stereocenters. The fourth-order valence-electron chi connectivity index (χ4n) is 5.72. The van der Waals surface area contributed by atoms with Gasteiger partial charge in [0, 0.05) is 0 Å². The van der Waals surface area contributed by atoms with Crippen LogP contribution in [0.2, 0.25) is 0 Å². The summed E-state index contributed by atoms with van der Waals surface area (Å²) in [7, 11) is 0. The molecule has 0 bridgehead atoms. The van der Waals surface area contributed by atoms with Crippen molar-refractivity contribution < 1.29 is 21.2 Å². The molecule has 1 heteroatoms. The van der Waals surface area contributed by atoms with Gasteiger partial charge in [-0.2, -0.15) is 0 Å². The highest BCUT2D eigenvalue weighted by Crippen LogP contribution is 2.28. The van der Waals surface area contributed by atoms with E-state index < -0.39 is 0 Å². The Morgan fingerprint density at radius 2 is 0.757 bits per heavy atom. The summed E-state index contributed by atoms with van der Waals surface area (Å²) >= 11 is -0.0943. The van der Waals surface area contributed by atoms with Gasteiger partial charge in [-0.05, 0) is 72.9 Å². The van der Waals surface area contributed by atoms with Crippen molar-refractivity contribution in [2.75, 3.05) is 0 Å². The third kappa shape index (κ3) is 13.7. The standard InChI is InChI=1S/C36H58I/c1-5-9-11-13-15-17-21-31(19-7-3)33-23-27-35(28-24-33)37-36-29-25-34(26-30-36)32(20-8-4)22-18-16-14-12-10-6-2/h23-32H,5-22H2,1-4H3/q+1. The highest BCUT2D eigenvalue weighted by Gasteiger charge is 2.18. The summed E-state index contributed by atoms with van der Waals surface area (Å²) < 4.78 is 3.12. The number of hydrogen-bond donors (Lipinski definition) is 0. The molecule has 2 rings (SSSR count). The Morgan fingerprint density at radius 3 is 1.11 bits per heavy atom. The van der Waals surface area contributed by atoms with Crippen molar-refractivity contribution in [2.24, 2.45) is 0 Å². The summed E-state index contributed by atoms with van der Waals surface area (Å²) in [4.78, 5) is 0. The average Bonchev–Trinajstić information content (AvgIpc) is 2.92. The number of unbranched alkanes of at least 4 members (excludes halogenated alkanes) is 10. The van der Waals surface area contributed by atoms with Gasteiger partial charge >= 0.3 is 21.2 Å². The Labute approximate surface area is 242 Å². The molecule has 0 aliphatic heterocycles. The Morgan fingerprint density at radius 1 is 0.405 bits per heavy atom. The monoisotopic (exact) mass is 617 g/mol. The van der Waals surface area contributed by atoms with E-state index in [1.807, 2.05) is 0 Å². The summed E-state index contributed by atoms with van der Waals surface area (Å²) in [6.45, 7) is 9.30. The molecule has 0 saturated heterocycles. The molecule has 0 saturated carbocycles. The lowest BCUT2D eigenvalue weighted by atomic mass is 9.89. The fraction of sp³-hybridized carbons (Fsp3) is 0.667. The van der Waals surface area contributed by atoms with Crippen molar-refractivity contribution in [1.82, 2.24) is 0 Å². The van der Waals surface area contributed by atoms with Gasteiger partial charge in [0.2, 0.25) is 0 Å². The van der Waals surface area contributed by atoms with Crippen LogP contribution in [-0.2, 0) is 0 Å². The molecule has 0 nitrogen and oxygen atoms in total. The second-order valence-electron chi connectivity index (χ2n) is 11.3. The summed E-state index contributed by atoms with van der Waals surface area (Å²) in [5, 5.41) is 0. The second kappa shape index (κ2) is 21.0. The highest BCUT2D eigenvalue weighted by molar-refractivity contribution is 5.21. The average molecular weight is 618 g/mol. The van der Waals surface area contributed by atoms with E-state index in [9.17, 15) is 0 Å². The maximum atomic E-state index is 2.46. The maximum absolute atomic E-state index is 2.46. The summed E-state index contributed by atoms with van der Waals surface area (Å²) in [5.74, 6) is 1.51. The first-order chi connectivity index (χ1) is 18.2. The van der Waals surface area contributed by atoms with Gasteiger partial charge in [-0.1, -0.05) is 142 Å². The number of halogens is 1. The van der Waals surface area contributed by atoms with Crippen LogP contribution in [0.1, 0.15) is 166 Å². The van der Waals surface area contributed by atoms with Crippen molar-refractivity contribution >= 4 is 0 Å². The SMILES string of the molecule is CCCCCCCCC(CCC)c1ccc([I+]c2ccc(C(CCC)CCCCCCCC)cc2)cc1. The van der Waals surface area contributed by atoms with Gasteiger partial charge < -0.3 is 0 Å². The highest BCUT2D eigenvalue weighted by atomic mass is 127. The summed E-state index contributed by atoms with van der Waals surface area (Å²) in [6.07, 6.45) is 24.8. The van der Waals surface area contributed by atoms with Gasteiger partial charge in [-0.15, -0.1) is 0 Å². The lowest BCUT2D eigenvalue weighted by molar-refractivity contribution is -0.597. The van der Waals surface area contributed by atoms with E-state index >= 15 is 0 Å². The predicted octanol–water partition coefficient (Wildman–Crippen LogP) is 9.08. The van der Waals surface area contributed by atoms with Crippen LogP contribution in [0, 0.1) is 7.14 Å². The summed E-state index contributed by atoms with van der Waals surface area (Å²) in [6, 6.07) is 19.6. The Hall–Kier alpha value is -0.830. The Balaban J connectivity index is 1.86. The largest absolute Gasteiger partial charge is 0.357 e. The number of rotatable bonds is 22. The third-order valence-electron chi connectivity index (χ3n) is 7.99. The van der Waals surface area contributed by atoms with Crippen molar-refractivity contribution in [1.29, 1.82) is 0 Å². The van der Waals surface area contributed by atoms with Crippen molar-refractivity contribution in [3.63, 3.8) is 0 Å². The molecule has 2 aromatic carbocycles. The molecular weight excluding hydrogens is 559 g/mol. The fourth-order valence-corrected chi connectivity index (χ4v) is 7.87. The Bertz CT molecular complexity index is 708. The molecule has 2 aromatic rings. The van der Waals surface area contributed by atoms with Crippen LogP contribution < -0.4 is 21.2 Å². The summed E-state index contributed by atoms with van der Waals surface area (Å²) in [5.41, 5.74) is 3.16. The van der Waals surface area contributed by atoms with Gasteiger partial charge in [0.05, 0.1) is 0 Å². The molecule has 0 aliphatic rings. The molecule has 0 amide bonds. The van der Waals surface area contributed by atoms with Crippen LogP contribution in [0.5, 0.6) is 0 Å². The zero-order valence-electron chi connectivity index (χ0n) is 24.9. The Kier molecular flexibility index (Phi) is 18.4. The molecule has 0 spiro atoms. The number of hydrogen-bond acceptors (Lipinski definition) is 0. The van der Waals surface area contributed by atoms with Crippen LogP contribution in [-0.4, -0.2) is 0 Å². The van der Waals surface area contributed by atoms with E-state index in [-0.39, 0.29) is 21.2 Å². The zero-order chi connectivity index (χ0) is 26.6. The molecule has 2 unspecified atom stereocenters. The second-order valence-corrected chi connectivity index (χ2v) is 14.3. The first-order valence-corrected chi connectivity index (χ1v) is 18.2. The lowest BCUT2D eigenvalue weighted by Gasteiger charge is -2.16. The third-order valence-corrected chi connectivity index (χ3v) is 10.7. The van der Waals surface area contributed by atoms with Crippen molar-refractivity contribution in [3.8, 4) is 0 Å². The molecule has 0 fully saturated rings. The van der Waals surface area contributed by atoms with Crippen LogP contribution in [0.25, 0.3) is 0 Å². The maximum Gasteiger partial charge on any atom is 0.357 e. The zero-order valence-corrected chi connectivity index (χ0v) is 27.0. The van der Waals surface area contributed by atoms with E-state index in [0.717, 1.165) is 11.8 Å². The van der Waals surface area contributed by atoms with Gasteiger partial charge in [-0.3, -0.25) is 0 Å². The number of benzene rings is 2. The van der Waals surface area contributed by atoms with E-state index in [2.05, 4.69) is 76.2 Å². The molecule has 37 heavy (non-hydrogen) atoms. The molecule has 0 aromatic heterocycles. The van der Waals surface area contributed by atoms with Gasteiger partial charge in [0.15, 0.2) is 7.14 Å². The van der Waals surface area contributed by atoms with Crippen LogP contribution in [0.3, 0.4) is 0 Å². The van der Waals surface area contributed by atoms with Crippen molar-refractivity contribution in [3.05, 3.63) is 66.8 Å². The van der Waals surface area contributed by atoms with E-state index in [1.165, 1.54) is 116 Å². The van der Waals surface area contributed by atoms with E-state index in [4.69, 9.17) is 0 Å². The van der Waals surface area contributed by atoms with Gasteiger partial charge in [0.25, 0.3) is 0 Å². The molecule has 0 heterocycles. The van der Waals surface area contributed by atoms with E-state index in [1.54, 1.807) is 18.3 Å². The normalized spacial score (nSPS) is 13.1. The molecule has 208 valence electrons. The van der Waals surface area contributed by atoms with E-state index in [0.29, 0.717) is 0 Å². The van der Waals surface area contributed by atoms with Crippen molar-refractivity contribution in [2.45, 2.75) is 155 Å². The van der Waals surface area contributed by atoms with Crippen LogP contribution in [0.15, 0.2) is 48.5 Å². The quantitative estimate of drug-likeness (QED) is 0.0914. The molecule has 0 radical (unpaired) electrons. The van der Waals surface area contributed by atoms with Crippen LogP contribution in [0.4, 0.5) is 0 Å². The minimum absolute atomic E-state index is 0.0943. The van der Waals surface area contributed by atoms with Crippen LogP contribution >= 0.6 is 0 Å². The minimum Gasteiger partial charge on any atom is -0.0654 e.